The zero-order valence-electron chi connectivity index (χ0n) is 11.7. The van der Waals surface area contributed by atoms with Gasteiger partial charge in [-0.05, 0) is 13.3 Å². The van der Waals surface area contributed by atoms with Crippen LogP contribution in [0.15, 0.2) is 16.7 Å². The summed E-state index contributed by atoms with van der Waals surface area (Å²) in [6.45, 7) is 4.31. The lowest BCUT2D eigenvalue weighted by atomic mass is 10.2. The van der Waals surface area contributed by atoms with E-state index < -0.39 is 0 Å². The van der Waals surface area contributed by atoms with Crippen LogP contribution in [0.3, 0.4) is 0 Å². The van der Waals surface area contributed by atoms with E-state index in [1.54, 1.807) is 6.07 Å². The zero-order valence-corrected chi connectivity index (χ0v) is 11.7. The number of aryl methyl sites for hydroxylation is 2. The quantitative estimate of drug-likeness (QED) is 0.821. The van der Waals surface area contributed by atoms with Crippen LogP contribution in [-0.4, -0.2) is 20.8 Å². The number of nitrogens with two attached hydrogens (primary N) is 1. The van der Waals surface area contributed by atoms with Crippen molar-refractivity contribution in [1.29, 1.82) is 0 Å². The SMILES string of the molecule is CCCc1cc(CNC(=O)Cn2nc(C)cc2N)on1. The van der Waals surface area contributed by atoms with Crippen molar-refractivity contribution in [3.8, 4) is 0 Å². The highest BCUT2D eigenvalue weighted by molar-refractivity contribution is 5.75. The molecule has 0 aromatic carbocycles. The third kappa shape index (κ3) is 3.59. The first-order chi connectivity index (χ1) is 9.58. The van der Waals surface area contributed by atoms with Crippen molar-refractivity contribution in [2.45, 2.75) is 39.8 Å². The summed E-state index contributed by atoms with van der Waals surface area (Å²) in [6.07, 6.45) is 1.89. The van der Waals surface area contributed by atoms with Gasteiger partial charge in [0.15, 0.2) is 5.76 Å². The number of nitrogens with one attached hydrogen (secondary N) is 1. The van der Waals surface area contributed by atoms with Gasteiger partial charge in [0.25, 0.3) is 0 Å². The van der Waals surface area contributed by atoms with Gasteiger partial charge in [-0.1, -0.05) is 18.5 Å². The van der Waals surface area contributed by atoms with Gasteiger partial charge in [0.1, 0.15) is 12.4 Å². The predicted octanol–water partition coefficient (Wildman–Crippen LogP) is 1.03. The number of carbonyl (C=O) groups is 1. The standard InChI is InChI=1S/C13H19N5O2/c1-3-4-10-6-11(20-17-10)7-15-13(19)8-18-12(14)5-9(2)16-18/h5-6H,3-4,7-8,14H2,1-2H3,(H,15,19). The van der Waals surface area contributed by atoms with Crippen molar-refractivity contribution >= 4 is 11.7 Å². The number of nitrogens with zero attached hydrogens (tertiary/aromatic N) is 3. The molecule has 0 fully saturated rings. The molecule has 1 amide bonds. The minimum absolute atomic E-state index is 0.0929. The number of aromatic nitrogens is 3. The third-order valence-electron chi connectivity index (χ3n) is 2.80. The number of carbonyl (C=O) groups excluding carboxylic acids is 1. The Kier molecular flexibility index (Phi) is 4.39. The van der Waals surface area contributed by atoms with Crippen LogP contribution in [-0.2, 0) is 24.3 Å². The van der Waals surface area contributed by atoms with Crippen molar-refractivity contribution in [2.75, 3.05) is 5.73 Å². The Hall–Kier alpha value is -2.31. The molecule has 0 aliphatic carbocycles. The van der Waals surface area contributed by atoms with Crippen molar-refractivity contribution in [3.05, 3.63) is 29.3 Å². The van der Waals surface area contributed by atoms with E-state index in [0.717, 1.165) is 24.2 Å². The normalized spacial score (nSPS) is 10.7. The molecule has 0 saturated heterocycles. The maximum Gasteiger partial charge on any atom is 0.242 e. The first-order valence-electron chi connectivity index (χ1n) is 6.59. The molecule has 3 N–H and O–H groups in total. The lowest BCUT2D eigenvalue weighted by Gasteiger charge is -2.04. The molecule has 2 aromatic heterocycles. The van der Waals surface area contributed by atoms with Gasteiger partial charge in [0.2, 0.25) is 5.91 Å². The summed E-state index contributed by atoms with van der Waals surface area (Å²) in [4.78, 5) is 11.8. The summed E-state index contributed by atoms with van der Waals surface area (Å²) in [5.41, 5.74) is 7.42. The fraction of sp³-hybridized carbons (Fsp3) is 0.462. The largest absolute Gasteiger partial charge is 0.384 e. The van der Waals surface area contributed by atoms with Crippen molar-refractivity contribution in [1.82, 2.24) is 20.3 Å². The van der Waals surface area contributed by atoms with Crippen LogP contribution < -0.4 is 11.1 Å². The summed E-state index contributed by atoms with van der Waals surface area (Å²) in [5.74, 6) is 0.946. The molecule has 2 heterocycles. The summed E-state index contributed by atoms with van der Waals surface area (Å²) in [5, 5.41) is 10.8. The molecule has 108 valence electrons. The maximum absolute atomic E-state index is 11.8. The van der Waals surface area contributed by atoms with E-state index in [-0.39, 0.29) is 12.5 Å². The lowest BCUT2D eigenvalue weighted by Crippen LogP contribution is -2.27. The lowest BCUT2D eigenvalue weighted by molar-refractivity contribution is -0.122. The Morgan fingerprint density at radius 2 is 2.30 bits per heavy atom. The number of amides is 1. The first kappa shape index (κ1) is 14.1. The highest BCUT2D eigenvalue weighted by atomic mass is 16.5. The first-order valence-corrected chi connectivity index (χ1v) is 6.59. The molecule has 0 spiro atoms. The Bertz CT molecular complexity index is 587. The molecule has 20 heavy (non-hydrogen) atoms. The number of hydrogen-bond acceptors (Lipinski definition) is 5. The van der Waals surface area contributed by atoms with Gasteiger partial charge in [-0.3, -0.25) is 4.79 Å². The maximum atomic E-state index is 11.8. The van der Waals surface area contributed by atoms with Crippen LogP contribution in [0.4, 0.5) is 5.82 Å². The Balaban J connectivity index is 1.84. The van der Waals surface area contributed by atoms with Gasteiger partial charge in [-0.15, -0.1) is 0 Å². The van der Waals surface area contributed by atoms with E-state index in [1.807, 2.05) is 13.0 Å². The minimum Gasteiger partial charge on any atom is -0.384 e. The molecular formula is C13H19N5O2. The Morgan fingerprint density at radius 1 is 1.50 bits per heavy atom. The van der Waals surface area contributed by atoms with E-state index in [2.05, 4.69) is 22.5 Å². The second kappa shape index (κ2) is 6.23. The molecule has 2 rings (SSSR count). The number of rotatable bonds is 6. The number of anilines is 1. The van der Waals surface area contributed by atoms with Crippen LogP contribution in [0.5, 0.6) is 0 Å². The monoisotopic (exact) mass is 277 g/mol. The molecule has 2 aromatic rings. The van der Waals surface area contributed by atoms with E-state index in [9.17, 15) is 4.79 Å². The topological polar surface area (TPSA) is 99.0 Å². The summed E-state index contributed by atoms with van der Waals surface area (Å²) in [6, 6.07) is 3.58. The molecule has 0 bridgehead atoms. The average molecular weight is 277 g/mol. The Morgan fingerprint density at radius 3 is 2.95 bits per heavy atom. The van der Waals surface area contributed by atoms with E-state index >= 15 is 0 Å². The second-order valence-corrected chi connectivity index (χ2v) is 4.68. The van der Waals surface area contributed by atoms with Gasteiger partial charge in [-0.25, -0.2) is 4.68 Å². The van der Waals surface area contributed by atoms with Crippen molar-refractivity contribution in [2.24, 2.45) is 0 Å². The molecule has 0 aliphatic rings. The van der Waals surface area contributed by atoms with E-state index in [0.29, 0.717) is 18.1 Å². The second-order valence-electron chi connectivity index (χ2n) is 4.68. The van der Waals surface area contributed by atoms with Gasteiger partial charge in [-0.2, -0.15) is 5.10 Å². The minimum atomic E-state index is -0.173. The van der Waals surface area contributed by atoms with Gasteiger partial charge < -0.3 is 15.6 Å². The van der Waals surface area contributed by atoms with E-state index in [4.69, 9.17) is 10.3 Å². The number of hydrogen-bond donors (Lipinski definition) is 2. The third-order valence-corrected chi connectivity index (χ3v) is 2.80. The zero-order chi connectivity index (χ0) is 14.5. The van der Waals surface area contributed by atoms with Gasteiger partial charge in [0, 0.05) is 12.1 Å². The summed E-state index contributed by atoms with van der Waals surface area (Å²) in [7, 11) is 0. The highest BCUT2D eigenvalue weighted by Crippen LogP contribution is 2.06. The smallest absolute Gasteiger partial charge is 0.242 e. The molecule has 0 saturated carbocycles. The van der Waals surface area contributed by atoms with Crippen LogP contribution >= 0.6 is 0 Å². The average Bonchev–Trinajstić information content (AvgIpc) is 2.95. The fourth-order valence-electron chi connectivity index (χ4n) is 1.88. The Labute approximate surface area is 117 Å². The predicted molar refractivity (Wildman–Crippen MR) is 73.7 cm³/mol. The van der Waals surface area contributed by atoms with Crippen LogP contribution in [0.25, 0.3) is 0 Å². The van der Waals surface area contributed by atoms with Crippen molar-refractivity contribution < 1.29 is 9.32 Å². The van der Waals surface area contributed by atoms with Crippen LogP contribution in [0, 0.1) is 6.92 Å². The van der Waals surface area contributed by atoms with Gasteiger partial charge in [0.05, 0.1) is 17.9 Å². The molecule has 7 nitrogen and oxygen atoms in total. The van der Waals surface area contributed by atoms with E-state index in [1.165, 1.54) is 4.68 Å². The summed E-state index contributed by atoms with van der Waals surface area (Å²) >= 11 is 0. The molecular weight excluding hydrogens is 258 g/mol. The highest BCUT2D eigenvalue weighted by Gasteiger charge is 2.09. The molecule has 0 unspecified atom stereocenters. The van der Waals surface area contributed by atoms with Crippen molar-refractivity contribution in [3.63, 3.8) is 0 Å². The molecule has 0 aliphatic heterocycles. The fourth-order valence-corrected chi connectivity index (χ4v) is 1.88. The molecule has 0 radical (unpaired) electrons. The molecule has 7 heteroatoms. The number of nitrogen functional groups attached to an aromatic ring is 1. The van der Waals surface area contributed by atoms with Gasteiger partial charge >= 0.3 is 0 Å². The summed E-state index contributed by atoms with van der Waals surface area (Å²) < 4.78 is 6.60. The van der Waals surface area contributed by atoms with Crippen LogP contribution in [0.2, 0.25) is 0 Å². The van der Waals surface area contributed by atoms with Crippen LogP contribution in [0.1, 0.15) is 30.5 Å². The molecule has 0 atom stereocenters.